The molecule has 1 aromatic heterocycles. The molecule has 0 saturated heterocycles. The van der Waals surface area contributed by atoms with E-state index in [0.717, 1.165) is 17.1 Å². The first-order valence-electron chi connectivity index (χ1n) is 7.17. The highest BCUT2D eigenvalue weighted by atomic mass is 32.1. The minimum absolute atomic E-state index is 0.321. The Hall–Kier alpha value is -1.71. The molecule has 3 rings (SSSR count). The molecular weight excluding hydrogens is 276 g/mol. The lowest BCUT2D eigenvalue weighted by Crippen LogP contribution is -2.28. The zero-order chi connectivity index (χ0) is 15.0. The predicted molar refractivity (Wildman–Crippen MR) is 90.8 cm³/mol. The average molecular weight is 296 g/mol. The Kier molecular flexibility index (Phi) is 3.56. The van der Waals surface area contributed by atoms with Crippen LogP contribution in [0, 0.1) is 6.92 Å². The van der Waals surface area contributed by atoms with Gasteiger partial charge >= 0.3 is 0 Å². The van der Waals surface area contributed by atoms with Crippen LogP contribution >= 0.6 is 11.3 Å². The van der Waals surface area contributed by atoms with Crippen LogP contribution < -0.4 is 5.73 Å². The fourth-order valence-electron chi connectivity index (χ4n) is 2.74. The summed E-state index contributed by atoms with van der Waals surface area (Å²) in [5, 5.41) is 3.72. The van der Waals surface area contributed by atoms with Crippen LogP contribution in [0.1, 0.15) is 35.0 Å². The van der Waals surface area contributed by atoms with Gasteiger partial charge in [-0.2, -0.15) is 0 Å². The minimum Gasteiger partial charge on any atom is -0.321 e. The van der Waals surface area contributed by atoms with Crippen molar-refractivity contribution in [3.63, 3.8) is 0 Å². The van der Waals surface area contributed by atoms with E-state index in [1.54, 1.807) is 11.3 Å². The maximum Gasteiger partial charge on any atom is 0.0975 e. The Morgan fingerprint density at radius 1 is 1.10 bits per heavy atom. The second-order valence-corrected chi connectivity index (χ2v) is 7.14. The zero-order valence-corrected chi connectivity index (χ0v) is 13.5. The van der Waals surface area contributed by atoms with Crippen LogP contribution in [0.2, 0.25) is 0 Å². The fourth-order valence-corrected chi connectivity index (χ4v) is 3.84. The normalized spacial score (nSPS) is 12.0. The molecule has 2 N–H and O–H groups in total. The predicted octanol–water partition coefficient (Wildman–Crippen LogP) is 4.39. The van der Waals surface area contributed by atoms with E-state index in [0.29, 0.717) is 0 Å². The molecule has 3 aromatic rings. The van der Waals surface area contributed by atoms with Crippen LogP contribution in [0.25, 0.3) is 10.8 Å². The number of nitrogens with zero attached hydrogens (tertiary/aromatic N) is 1. The van der Waals surface area contributed by atoms with Crippen LogP contribution in [0.4, 0.5) is 0 Å². The van der Waals surface area contributed by atoms with Gasteiger partial charge in [0.15, 0.2) is 0 Å². The van der Waals surface area contributed by atoms with Gasteiger partial charge in [-0.15, -0.1) is 11.3 Å². The van der Waals surface area contributed by atoms with Crippen LogP contribution in [-0.4, -0.2) is 4.98 Å². The quantitative estimate of drug-likeness (QED) is 0.778. The summed E-state index contributed by atoms with van der Waals surface area (Å²) >= 11 is 1.73. The third-order valence-electron chi connectivity index (χ3n) is 3.65. The third kappa shape index (κ3) is 2.85. The van der Waals surface area contributed by atoms with Crippen LogP contribution in [0.5, 0.6) is 0 Å². The summed E-state index contributed by atoms with van der Waals surface area (Å²) in [5.41, 5.74) is 8.29. The Labute approximate surface area is 129 Å². The van der Waals surface area contributed by atoms with E-state index in [4.69, 9.17) is 10.7 Å². The number of thiazole rings is 1. The van der Waals surface area contributed by atoms with Gasteiger partial charge in [0.25, 0.3) is 0 Å². The first-order valence-corrected chi connectivity index (χ1v) is 7.99. The van der Waals surface area contributed by atoms with E-state index < -0.39 is 0 Å². The van der Waals surface area contributed by atoms with Crippen LogP contribution in [-0.2, 0) is 12.0 Å². The van der Waals surface area contributed by atoms with Gasteiger partial charge < -0.3 is 5.73 Å². The molecule has 0 spiro atoms. The highest BCUT2D eigenvalue weighted by Crippen LogP contribution is 2.30. The second kappa shape index (κ2) is 5.24. The summed E-state index contributed by atoms with van der Waals surface area (Å²) in [6, 6.07) is 15.0. The number of benzene rings is 2. The average Bonchev–Trinajstić information content (AvgIpc) is 2.80. The molecule has 0 fully saturated rings. The smallest absolute Gasteiger partial charge is 0.0975 e. The van der Waals surface area contributed by atoms with E-state index in [1.165, 1.54) is 21.2 Å². The summed E-state index contributed by atoms with van der Waals surface area (Å²) in [7, 11) is 0. The van der Waals surface area contributed by atoms with Crippen LogP contribution in [0.15, 0.2) is 42.5 Å². The van der Waals surface area contributed by atoms with Crippen molar-refractivity contribution in [1.82, 2.24) is 4.98 Å². The standard InChI is InChI=1S/C18H20N2S/c1-12-17(18(2,3)19)21-16(20-12)11-14-9-6-8-13-7-4-5-10-15(13)14/h4-10H,11,19H2,1-3H3. The molecule has 3 heteroatoms. The molecule has 0 aliphatic heterocycles. The van der Waals surface area contributed by atoms with Gasteiger partial charge in [0.2, 0.25) is 0 Å². The first kappa shape index (κ1) is 14.2. The molecule has 0 aliphatic carbocycles. The number of aryl methyl sites for hydroxylation is 1. The van der Waals surface area contributed by atoms with Gasteiger partial charge in [0, 0.05) is 16.8 Å². The first-order chi connectivity index (χ1) is 9.95. The molecule has 0 saturated carbocycles. The Bertz CT molecular complexity index is 776. The van der Waals surface area contributed by atoms with Gasteiger partial charge in [-0.1, -0.05) is 42.5 Å². The van der Waals surface area contributed by atoms with E-state index in [2.05, 4.69) is 42.5 Å². The largest absolute Gasteiger partial charge is 0.321 e. The van der Waals surface area contributed by atoms with Gasteiger partial charge in [0.05, 0.1) is 10.7 Å². The number of nitrogens with two attached hydrogens (primary N) is 1. The Morgan fingerprint density at radius 2 is 1.81 bits per heavy atom. The molecular formula is C18H20N2S. The van der Waals surface area contributed by atoms with Crippen molar-refractivity contribution in [2.24, 2.45) is 5.73 Å². The summed E-state index contributed by atoms with van der Waals surface area (Å²) in [5.74, 6) is 0. The highest BCUT2D eigenvalue weighted by Gasteiger charge is 2.21. The van der Waals surface area contributed by atoms with Crippen molar-refractivity contribution in [2.75, 3.05) is 0 Å². The Balaban J connectivity index is 2.00. The maximum atomic E-state index is 6.23. The number of hydrogen-bond donors (Lipinski definition) is 1. The molecule has 21 heavy (non-hydrogen) atoms. The lowest BCUT2D eigenvalue weighted by atomic mass is 10.0. The van der Waals surface area contributed by atoms with Crippen molar-refractivity contribution in [1.29, 1.82) is 0 Å². The SMILES string of the molecule is Cc1nc(Cc2cccc3ccccc23)sc1C(C)(C)N. The summed E-state index contributed by atoms with van der Waals surface area (Å²) in [6.45, 7) is 6.12. The van der Waals surface area contributed by atoms with E-state index in [9.17, 15) is 0 Å². The molecule has 2 aromatic carbocycles. The lowest BCUT2D eigenvalue weighted by molar-refractivity contribution is 0.562. The molecule has 0 aliphatic rings. The van der Waals surface area contributed by atoms with E-state index >= 15 is 0 Å². The number of rotatable bonds is 3. The maximum absolute atomic E-state index is 6.23. The fraction of sp³-hybridized carbons (Fsp3) is 0.278. The van der Waals surface area contributed by atoms with Gasteiger partial charge in [-0.3, -0.25) is 0 Å². The minimum atomic E-state index is -0.321. The molecule has 0 bridgehead atoms. The molecule has 0 radical (unpaired) electrons. The molecule has 108 valence electrons. The topological polar surface area (TPSA) is 38.9 Å². The molecule has 2 nitrogen and oxygen atoms in total. The van der Waals surface area contributed by atoms with E-state index in [-0.39, 0.29) is 5.54 Å². The molecule has 0 atom stereocenters. The molecule has 0 amide bonds. The van der Waals surface area contributed by atoms with Crippen molar-refractivity contribution in [3.8, 4) is 0 Å². The van der Waals surface area contributed by atoms with Gasteiger partial charge in [-0.05, 0) is 37.1 Å². The van der Waals surface area contributed by atoms with Crippen molar-refractivity contribution < 1.29 is 0 Å². The van der Waals surface area contributed by atoms with Crippen molar-refractivity contribution in [2.45, 2.75) is 32.7 Å². The summed E-state index contributed by atoms with van der Waals surface area (Å²) in [4.78, 5) is 5.90. The van der Waals surface area contributed by atoms with Crippen LogP contribution in [0.3, 0.4) is 0 Å². The number of fused-ring (bicyclic) bond motifs is 1. The zero-order valence-electron chi connectivity index (χ0n) is 12.7. The highest BCUT2D eigenvalue weighted by molar-refractivity contribution is 7.11. The molecule has 0 unspecified atom stereocenters. The monoisotopic (exact) mass is 296 g/mol. The van der Waals surface area contributed by atoms with Crippen molar-refractivity contribution in [3.05, 3.63) is 63.6 Å². The van der Waals surface area contributed by atoms with Gasteiger partial charge in [0.1, 0.15) is 0 Å². The van der Waals surface area contributed by atoms with E-state index in [1.807, 2.05) is 20.8 Å². The van der Waals surface area contributed by atoms with Crippen molar-refractivity contribution >= 4 is 22.1 Å². The number of hydrogen-bond acceptors (Lipinski definition) is 3. The lowest BCUT2D eigenvalue weighted by Gasteiger charge is -2.16. The Morgan fingerprint density at radius 3 is 2.52 bits per heavy atom. The molecule has 1 heterocycles. The summed E-state index contributed by atoms with van der Waals surface area (Å²) < 4.78 is 0. The number of aromatic nitrogens is 1. The third-order valence-corrected chi connectivity index (χ3v) is 5.14. The van der Waals surface area contributed by atoms with Gasteiger partial charge in [-0.25, -0.2) is 4.98 Å². The summed E-state index contributed by atoms with van der Waals surface area (Å²) in [6.07, 6.45) is 0.864. The second-order valence-electron chi connectivity index (χ2n) is 6.06.